The number of ether oxygens (including phenoxy) is 1. The number of Topliss-reactive ketones (excluding diaryl/α,β-unsaturated/α-hetero) is 1. The maximum atomic E-state index is 11.2. The lowest BCUT2D eigenvalue weighted by molar-refractivity contribution is -0.155. The number of rotatable bonds is 4. The van der Waals surface area contributed by atoms with Gasteiger partial charge in [0.1, 0.15) is 0 Å². The van der Waals surface area contributed by atoms with Gasteiger partial charge in [-0.25, -0.2) is 4.79 Å². The predicted octanol–water partition coefficient (Wildman–Crippen LogP) is 0.280. The molecule has 0 heterocycles. The molecule has 4 heteroatoms. The van der Waals surface area contributed by atoms with E-state index in [0.717, 1.165) is 26.4 Å². The summed E-state index contributed by atoms with van der Waals surface area (Å²) >= 11 is 0. The SMILES string of the molecule is COC(=O)C(O)C(=O)CC1CCC1. The van der Waals surface area contributed by atoms with E-state index >= 15 is 0 Å². The molecule has 1 aliphatic carbocycles. The zero-order valence-electron chi connectivity index (χ0n) is 7.66. The van der Waals surface area contributed by atoms with Gasteiger partial charge in [-0.2, -0.15) is 0 Å². The fourth-order valence-corrected chi connectivity index (χ4v) is 1.34. The van der Waals surface area contributed by atoms with Gasteiger partial charge in [-0.05, 0) is 5.92 Å². The summed E-state index contributed by atoms with van der Waals surface area (Å²) in [4.78, 5) is 21.9. The van der Waals surface area contributed by atoms with Crippen LogP contribution >= 0.6 is 0 Å². The van der Waals surface area contributed by atoms with Crippen molar-refractivity contribution < 1.29 is 19.4 Å². The number of carbonyl (C=O) groups excluding carboxylic acids is 2. The van der Waals surface area contributed by atoms with Crippen LogP contribution in [0.1, 0.15) is 25.7 Å². The van der Waals surface area contributed by atoms with Crippen molar-refractivity contribution in [3.63, 3.8) is 0 Å². The molecule has 0 aromatic rings. The van der Waals surface area contributed by atoms with Gasteiger partial charge in [-0.3, -0.25) is 4.79 Å². The van der Waals surface area contributed by atoms with E-state index in [0.29, 0.717) is 12.3 Å². The van der Waals surface area contributed by atoms with Gasteiger partial charge in [0.05, 0.1) is 7.11 Å². The summed E-state index contributed by atoms with van der Waals surface area (Å²) in [6.07, 6.45) is 1.92. The van der Waals surface area contributed by atoms with E-state index in [1.165, 1.54) is 0 Å². The fourth-order valence-electron chi connectivity index (χ4n) is 1.34. The molecule has 0 amide bonds. The first kappa shape index (κ1) is 10.2. The Bertz CT molecular complexity index is 208. The Hall–Kier alpha value is -0.900. The van der Waals surface area contributed by atoms with Crippen molar-refractivity contribution in [3.05, 3.63) is 0 Å². The van der Waals surface area contributed by atoms with Gasteiger partial charge in [0.25, 0.3) is 0 Å². The average molecular weight is 186 g/mol. The normalized spacial score (nSPS) is 18.9. The van der Waals surface area contributed by atoms with E-state index in [1.807, 2.05) is 0 Å². The number of esters is 1. The zero-order chi connectivity index (χ0) is 9.84. The minimum absolute atomic E-state index is 0.302. The highest BCUT2D eigenvalue weighted by molar-refractivity contribution is 6.01. The van der Waals surface area contributed by atoms with E-state index < -0.39 is 17.9 Å². The first-order valence-electron chi connectivity index (χ1n) is 4.43. The van der Waals surface area contributed by atoms with Gasteiger partial charge in [-0.1, -0.05) is 19.3 Å². The van der Waals surface area contributed by atoms with Crippen LogP contribution in [-0.4, -0.2) is 30.1 Å². The highest BCUT2D eigenvalue weighted by atomic mass is 16.5. The van der Waals surface area contributed by atoms with E-state index in [1.54, 1.807) is 0 Å². The van der Waals surface area contributed by atoms with Gasteiger partial charge >= 0.3 is 5.97 Å². The molecular formula is C9H14O4. The van der Waals surface area contributed by atoms with Crippen LogP contribution in [0.5, 0.6) is 0 Å². The molecule has 0 radical (unpaired) electrons. The van der Waals surface area contributed by atoms with E-state index in [4.69, 9.17) is 5.11 Å². The third-order valence-electron chi connectivity index (χ3n) is 2.44. The molecule has 1 rings (SSSR count). The third kappa shape index (κ3) is 2.52. The molecule has 1 N–H and O–H groups in total. The topological polar surface area (TPSA) is 63.6 Å². The van der Waals surface area contributed by atoms with Crippen molar-refractivity contribution in [2.45, 2.75) is 31.8 Å². The number of ketones is 1. The Labute approximate surface area is 76.9 Å². The molecular weight excluding hydrogens is 172 g/mol. The summed E-state index contributed by atoms with van der Waals surface area (Å²) in [7, 11) is 1.15. The van der Waals surface area contributed by atoms with Crippen LogP contribution in [0, 0.1) is 5.92 Å². The second kappa shape index (κ2) is 4.37. The number of methoxy groups -OCH3 is 1. The first-order chi connectivity index (χ1) is 6.15. The Morgan fingerprint density at radius 2 is 2.15 bits per heavy atom. The second-order valence-corrected chi connectivity index (χ2v) is 3.39. The maximum Gasteiger partial charge on any atom is 0.342 e. The van der Waals surface area contributed by atoms with Crippen LogP contribution in [-0.2, 0) is 14.3 Å². The summed E-state index contributed by atoms with van der Waals surface area (Å²) in [5.74, 6) is -0.910. The van der Waals surface area contributed by atoms with Crippen LogP contribution in [0.4, 0.5) is 0 Å². The maximum absolute atomic E-state index is 11.2. The van der Waals surface area contributed by atoms with Crippen LogP contribution < -0.4 is 0 Å². The molecule has 13 heavy (non-hydrogen) atoms. The Morgan fingerprint density at radius 1 is 1.54 bits per heavy atom. The quantitative estimate of drug-likeness (QED) is 0.506. The molecule has 1 unspecified atom stereocenters. The molecule has 1 fully saturated rings. The number of hydrogen-bond donors (Lipinski definition) is 1. The van der Waals surface area contributed by atoms with E-state index in [-0.39, 0.29) is 0 Å². The van der Waals surface area contributed by atoms with Gasteiger partial charge in [-0.15, -0.1) is 0 Å². The number of aliphatic hydroxyl groups is 1. The highest BCUT2D eigenvalue weighted by Crippen LogP contribution is 2.29. The van der Waals surface area contributed by atoms with Gasteiger partial charge in [0, 0.05) is 6.42 Å². The highest BCUT2D eigenvalue weighted by Gasteiger charge is 2.28. The summed E-state index contributed by atoms with van der Waals surface area (Å²) < 4.78 is 4.26. The molecule has 74 valence electrons. The average Bonchev–Trinajstić information content (AvgIpc) is 2.08. The molecule has 1 atom stereocenters. The first-order valence-corrected chi connectivity index (χ1v) is 4.43. The van der Waals surface area contributed by atoms with E-state index in [9.17, 15) is 9.59 Å². The van der Waals surface area contributed by atoms with Crippen molar-refractivity contribution >= 4 is 11.8 Å². The van der Waals surface area contributed by atoms with Crippen molar-refractivity contribution in [2.75, 3.05) is 7.11 Å². The molecule has 4 nitrogen and oxygen atoms in total. The molecule has 0 saturated heterocycles. The smallest absolute Gasteiger partial charge is 0.342 e. The van der Waals surface area contributed by atoms with E-state index in [2.05, 4.69) is 4.74 Å². The molecule has 0 aromatic carbocycles. The van der Waals surface area contributed by atoms with Crippen LogP contribution in [0.3, 0.4) is 0 Å². The number of aliphatic hydroxyl groups excluding tert-OH is 1. The molecule has 1 aliphatic rings. The van der Waals surface area contributed by atoms with Crippen molar-refractivity contribution in [1.29, 1.82) is 0 Å². The molecule has 0 aliphatic heterocycles. The minimum atomic E-state index is -1.58. The summed E-state index contributed by atoms with van der Waals surface area (Å²) in [6, 6.07) is 0. The lowest BCUT2D eigenvalue weighted by Crippen LogP contribution is -2.33. The molecule has 0 aromatic heterocycles. The van der Waals surface area contributed by atoms with Crippen LogP contribution in [0.25, 0.3) is 0 Å². The Kier molecular flexibility index (Phi) is 3.42. The fraction of sp³-hybridized carbons (Fsp3) is 0.778. The van der Waals surface area contributed by atoms with Crippen molar-refractivity contribution in [3.8, 4) is 0 Å². The summed E-state index contributed by atoms with van der Waals surface area (Å²) in [6.45, 7) is 0. The Morgan fingerprint density at radius 3 is 2.54 bits per heavy atom. The molecule has 1 saturated carbocycles. The molecule has 0 spiro atoms. The third-order valence-corrected chi connectivity index (χ3v) is 2.44. The van der Waals surface area contributed by atoms with Crippen LogP contribution in [0.2, 0.25) is 0 Å². The summed E-state index contributed by atoms with van der Waals surface area (Å²) in [5, 5.41) is 9.13. The summed E-state index contributed by atoms with van der Waals surface area (Å²) in [5.41, 5.74) is 0. The lowest BCUT2D eigenvalue weighted by Gasteiger charge is -2.24. The number of carbonyl (C=O) groups is 2. The second-order valence-electron chi connectivity index (χ2n) is 3.39. The lowest BCUT2D eigenvalue weighted by atomic mass is 9.81. The van der Waals surface area contributed by atoms with Gasteiger partial charge in [0.15, 0.2) is 5.78 Å². The zero-order valence-corrected chi connectivity index (χ0v) is 7.66. The Balaban J connectivity index is 2.32. The monoisotopic (exact) mass is 186 g/mol. The van der Waals surface area contributed by atoms with Crippen LogP contribution in [0.15, 0.2) is 0 Å². The predicted molar refractivity (Wildman–Crippen MR) is 45.0 cm³/mol. The standard InChI is InChI=1S/C9H14O4/c1-13-9(12)8(11)7(10)5-6-3-2-4-6/h6,8,11H,2-5H2,1H3. The van der Waals surface area contributed by atoms with Gasteiger partial charge in [0.2, 0.25) is 6.10 Å². The largest absolute Gasteiger partial charge is 0.467 e. The van der Waals surface area contributed by atoms with Crippen molar-refractivity contribution in [1.82, 2.24) is 0 Å². The van der Waals surface area contributed by atoms with Gasteiger partial charge < -0.3 is 9.84 Å². The minimum Gasteiger partial charge on any atom is -0.467 e. The number of hydrogen-bond acceptors (Lipinski definition) is 4. The molecule has 0 bridgehead atoms. The van der Waals surface area contributed by atoms with Crippen molar-refractivity contribution in [2.24, 2.45) is 5.92 Å².